The van der Waals surface area contributed by atoms with Crippen LogP contribution in [0.3, 0.4) is 0 Å². The smallest absolute Gasteiger partial charge is 0.255 e. The maximum Gasteiger partial charge on any atom is 0.255 e. The maximum atomic E-state index is 12.9. The van der Waals surface area contributed by atoms with Crippen LogP contribution in [0.2, 0.25) is 5.02 Å². The van der Waals surface area contributed by atoms with E-state index in [4.69, 9.17) is 16.3 Å². The van der Waals surface area contributed by atoms with E-state index in [2.05, 4.69) is 21.2 Å². The highest BCUT2D eigenvalue weighted by molar-refractivity contribution is 9.10. The predicted molar refractivity (Wildman–Crippen MR) is 112 cm³/mol. The van der Waals surface area contributed by atoms with Crippen molar-refractivity contribution in [3.63, 3.8) is 0 Å². The number of carbonyl (C=O) groups excluding carboxylic acids is 1. The zero-order valence-electron chi connectivity index (χ0n) is 15.4. The fourth-order valence-corrected chi connectivity index (χ4v) is 5.35. The summed E-state index contributed by atoms with van der Waals surface area (Å²) in [5.74, 6) is -0.373. The fraction of sp³-hybridized carbons (Fsp3) is 0.316. The average Bonchev–Trinajstić information content (AvgIpc) is 2.63. The molecule has 1 aliphatic heterocycles. The molecule has 2 unspecified atom stereocenters. The predicted octanol–water partition coefficient (Wildman–Crippen LogP) is 4.15. The van der Waals surface area contributed by atoms with Crippen LogP contribution in [0.15, 0.2) is 51.8 Å². The molecule has 0 spiro atoms. The van der Waals surface area contributed by atoms with Crippen LogP contribution < -0.4 is 5.32 Å². The van der Waals surface area contributed by atoms with Gasteiger partial charge in [0.05, 0.1) is 27.8 Å². The van der Waals surface area contributed by atoms with Crippen molar-refractivity contribution in [3.05, 3.63) is 57.5 Å². The van der Waals surface area contributed by atoms with E-state index in [1.165, 1.54) is 28.6 Å². The molecule has 1 heterocycles. The topological polar surface area (TPSA) is 75.7 Å². The number of carbonyl (C=O) groups is 1. The maximum absolute atomic E-state index is 12.9. The number of sulfonamides is 1. The van der Waals surface area contributed by atoms with E-state index in [1.807, 2.05) is 13.8 Å². The van der Waals surface area contributed by atoms with E-state index in [-0.39, 0.29) is 23.0 Å². The zero-order chi connectivity index (χ0) is 20.5. The summed E-state index contributed by atoms with van der Waals surface area (Å²) in [5, 5.41) is 3.12. The third kappa shape index (κ3) is 4.75. The molecule has 0 saturated carbocycles. The van der Waals surface area contributed by atoms with E-state index in [9.17, 15) is 13.2 Å². The Kier molecular flexibility index (Phi) is 6.46. The van der Waals surface area contributed by atoms with E-state index in [1.54, 1.807) is 18.2 Å². The molecule has 1 aliphatic rings. The number of hydrogen-bond acceptors (Lipinski definition) is 4. The molecule has 28 heavy (non-hydrogen) atoms. The molecule has 0 bridgehead atoms. The molecule has 150 valence electrons. The molecule has 3 rings (SSSR count). The highest BCUT2D eigenvalue weighted by Crippen LogP contribution is 2.26. The minimum atomic E-state index is -3.65. The van der Waals surface area contributed by atoms with Crippen molar-refractivity contribution in [1.82, 2.24) is 4.31 Å². The minimum Gasteiger partial charge on any atom is -0.373 e. The van der Waals surface area contributed by atoms with Gasteiger partial charge in [0, 0.05) is 23.1 Å². The second kappa shape index (κ2) is 8.51. The summed E-state index contributed by atoms with van der Waals surface area (Å²) in [6.45, 7) is 4.30. The molecule has 0 radical (unpaired) electrons. The van der Waals surface area contributed by atoms with Crippen molar-refractivity contribution < 1.29 is 17.9 Å². The van der Waals surface area contributed by atoms with Crippen LogP contribution >= 0.6 is 27.5 Å². The Morgan fingerprint density at radius 1 is 1.14 bits per heavy atom. The van der Waals surface area contributed by atoms with Crippen LogP contribution in [0.25, 0.3) is 0 Å². The van der Waals surface area contributed by atoms with Gasteiger partial charge in [-0.3, -0.25) is 4.79 Å². The van der Waals surface area contributed by atoms with Gasteiger partial charge in [-0.25, -0.2) is 8.42 Å². The van der Waals surface area contributed by atoms with Gasteiger partial charge < -0.3 is 10.1 Å². The highest BCUT2D eigenvalue weighted by atomic mass is 79.9. The van der Waals surface area contributed by atoms with Crippen LogP contribution in [0, 0.1) is 0 Å². The molecular formula is C19H20BrClN2O4S. The third-order valence-corrected chi connectivity index (χ3v) is 6.97. The lowest BCUT2D eigenvalue weighted by Gasteiger charge is -2.34. The van der Waals surface area contributed by atoms with Gasteiger partial charge in [0.2, 0.25) is 10.0 Å². The number of amides is 1. The lowest BCUT2D eigenvalue weighted by atomic mass is 10.2. The Hall–Kier alpha value is -1.45. The second-order valence-electron chi connectivity index (χ2n) is 6.68. The number of nitrogens with zero attached hydrogens (tertiary/aromatic N) is 1. The first-order valence-electron chi connectivity index (χ1n) is 8.69. The number of hydrogen-bond donors (Lipinski definition) is 1. The molecule has 2 atom stereocenters. The van der Waals surface area contributed by atoms with Gasteiger partial charge in [-0.15, -0.1) is 0 Å². The quantitative estimate of drug-likeness (QED) is 0.703. The van der Waals surface area contributed by atoms with Crippen molar-refractivity contribution >= 4 is 49.1 Å². The summed E-state index contributed by atoms with van der Waals surface area (Å²) in [5.41, 5.74) is 0.810. The Morgan fingerprint density at radius 2 is 1.75 bits per heavy atom. The standard InChI is InChI=1S/C19H20BrClN2O4S/c1-12-10-23(11-13(2)27-12)28(25,26)16-6-3-14(4-7-16)19(24)22-18-8-5-15(20)9-17(18)21/h3-9,12-13H,10-11H2,1-2H3,(H,22,24). The van der Waals surface area contributed by atoms with Crippen LogP contribution in [-0.4, -0.2) is 43.9 Å². The van der Waals surface area contributed by atoms with Crippen LogP contribution in [0.5, 0.6) is 0 Å². The van der Waals surface area contributed by atoms with E-state index < -0.39 is 10.0 Å². The molecule has 0 aliphatic carbocycles. The Balaban J connectivity index is 1.76. The Labute approximate surface area is 178 Å². The minimum absolute atomic E-state index is 0.145. The molecule has 2 aromatic carbocycles. The van der Waals surface area contributed by atoms with Gasteiger partial charge >= 0.3 is 0 Å². The van der Waals surface area contributed by atoms with Crippen molar-refractivity contribution in [2.75, 3.05) is 18.4 Å². The fourth-order valence-electron chi connectivity index (χ4n) is 3.04. The number of rotatable bonds is 4. The first kappa shape index (κ1) is 21.3. The average molecular weight is 488 g/mol. The van der Waals surface area contributed by atoms with Gasteiger partial charge in [0.25, 0.3) is 5.91 Å². The van der Waals surface area contributed by atoms with Crippen molar-refractivity contribution in [2.24, 2.45) is 0 Å². The zero-order valence-corrected chi connectivity index (χ0v) is 18.5. The van der Waals surface area contributed by atoms with Crippen LogP contribution in [0.4, 0.5) is 5.69 Å². The number of morpholine rings is 1. The number of anilines is 1. The largest absolute Gasteiger partial charge is 0.373 e. The summed E-state index contributed by atoms with van der Waals surface area (Å²) in [6, 6.07) is 11.0. The summed E-state index contributed by atoms with van der Waals surface area (Å²) in [4.78, 5) is 12.6. The molecule has 2 aromatic rings. The first-order chi connectivity index (χ1) is 13.2. The van der Waals surface area contributed by atoms with Crippen molar-refractivity contribution in [2.45, 2.75) is 31.0 Å². The van der Waals surface area contributed by atoms with Crippen molar-refractivity contribution in [1.29, 1.82) is 0 Å². The van der Waals surface area contributed by atoms with E-state index in [0.717, 1.165) is 4.47 Å². The molecule has 9 heteroatoms. The van der Waals surface area contributed by atoms with Crippen LogP contribution in [-0.2, 0) is 14.8 Å². The van der Waals surface area contributed by atoms with Crippen LogP contribution in [0.1, 0.15) is 24.2 Å². The van der Waals surface area contributed by atoms with E-state index >= 15 is 0 Å². The molecule has 1 N–H and O–H groups in total. The van der Waals surface area contributed by atoms with Gasteiger partial charge in [0.15, 0.2) is 0 Å². The Bertz CT molecular complexity index is 972. The van der Waals surface area contributed by atoms with Gasteiger partial charge in [-0.2, -0.15) is 4.31 Å². The Morgan fingerprint density at radius 3 is 2.32 bits per heavy atom. The normalized spacial score (nSPS) is 20.7. The second-order valence-corrected chi connectivity index (χ2v) is 9.94. The SMILES string of the molecule is CC1CN(S(=O)(=O)c2ccc(C(=O)Nc3ccc(Br)cc3Cl)cc2)CC(C)O1. The first-order valence-corrected chi connectivity index (χ1v) is 11.3. The molecule has 6 nitrogen and oxygen atoms in total. The lowest BCUT2D eigenvalue weighted by molar-refractivity contribution is -0.0440. The molecule has 0 aromatic heterocycles. The lowest BCUT2D eigenvalue weighted by Crippen LogP contribution is -2.48. The molecule has 1 amide bonds. The molecular weight excluding hydrogens is 468 g/mol. The van der Waals surface area contributed by atoms with Gasteiger partial charge in [-0.05, 0) is 56.3 Å². The number of benzene rings is 2. The number of nitrogens with one attached hydrogen (secondary N) is 1. The molecule has 1 fully saturated rings. The van der Waals surface area contributed by atoms with Crippen molar-refractivity contribution in [3.8, 4) is 0 Å². The summed E-state index contributed by atoms with van der Waals surface area (Å²) >= 11 is 9.42. The van der Waals surface area contributed by atoms with E-state index in [0.29, 0.717) is 29.4 Å². The summed E-state index contributed by atoms with van der Waals surface area (Å²) < 4.78 is 33.6. The summed E-state index contributed by atoms with van der Waals surface area (Å²) in [7, 11) is -3.65. The number of ether oxygens (including phenoxy) is 1. The molecule has 1 saturated heterocycles. The highest BCUT2D eigenvalue weighted by Gasteiger charge is 2.32. The van der Waals surface area contributed by atoms with Gasteiger partial charge in [-0.1, -0.05) is 27.5 Å². The third-order valence-electron chi connectivity index (χ3n) is 4.32. The summed E-state index contributed by atoms with van der Waals surface area (Å²) in [6.07, 6.45) is -0.335. The monoisotopic (exact) mass is 486 g/mol. The van der Waals surface area contributed by atoms with Gasteiger partial charge in [0.1, 0.15) is 0 Å². The number of halogens is 2.